The first-order valence-electron chi connectivity index (χ1n) is 10.3. The molecule has 3 rings (SSSR count). The van der Waals surface area contributed by atoms with E-state index in [0.29, 0.717) is 24.8 Å². The van der Waals surface area contributed by atoms with Crippen molar-refractivity contribution in [2.24, 2.45) is 4.99 Å². The lowest BCUT2D eigenvalue weighted by molar-refractivity contribution is 0.0436. The second-order valence-electron chi connectivity index (χ2n) is 7.89. The highest BCUT2D eigenvalue weighted by Gasteiger charge is 2.26. The number of nitrogens with zero attached hydrogens (tertiary/aromatic N) is 2. The fraction of sp³-hybridized carbons (Fsp3) is 0.500. The molecule has 1 aliphatic heterocycles. The maximum atomic E-state index is 13.4. The number of guanidine groups is 1. The van der Waals surface area contributed by atoms with Crippen LogP contribution in [0.15, 0.2) is 46.0 Å². The molecule has 0 amide bonds. The van der Waals surface area contributed by atoms with Crippen molar-refractivity contribution in [3.8, 4) is 0 Å². The molecular weight excluding hydrogens is 517 g/mol. The van der Waals surface area contributed by atoms with Crippen molar-refractivity contribution < 1.29 is 18.3 Å². The van der Waals surface area contributed by atoms with Crippen LogP contribution in [0.1, 0.15) is 38.0 Å². The number of nitrogens with one attached hydrogen (secondary N) is 2. The Bertz CT molecular complexity index is 838. The minimum absolute atomic E-state index is 0. The molecule has 0 bridgehead atoms. The molecular formula is C22H31F2IN4O2. The number of piperidine rings is 1. The van der Waals surface area contributed by atoms with E-state index in [4.69, 9.17) is 4.42 Å². The van der Waals surface area contributed by atoms with Crippen LogP contribution in [-0.2, 0) is 12.1 Å². The van der Waals surface area contributed by atoms with E-state index >= 15 is 0 Å². The van der Waals surface area contributed by atoms with Crippen LogP contribution in [0.4, 0.5) is 8.78 Å². The first-order chi connectivity index (χ1) is 14.4. The molecule has 172 valence electrons. The van der Waals surface area contributed by atoms with E-state index in [-0.39, 0.29) is 36.6 Å². The summed E-state index contributed by atoms with van der Waals surface area (Å²) in [4.78, 5) is 6.77. The number of furan rings is 1. The largest absolute Gasteiger partial charge is 0.466 e. The zero-order valence-electron chi connectivity index (χ0n) is 17.9. The van der Waals surface area contributed by atoms with E-state index in [1.54, 1.807) is 25.1 Å². The van der Waals surface area contributed by atoms with Crippen LogP contribution in [0.2, 0.25) is 0 Å². The summed E-state index contributed by atoms with van der Waals surface area (Å²) in [6.07, 6.45) is 3.34. The van der Waals surface area contributed by atoms with Gasteiger partial charge in [0.1, 0.15) is 11.4 Å². The van der Waals surface area contributed by atoms with E-state index in [1.807, 2.05) is 6.92 Å². The van der Waals surface area contributed by atoms with Crippen LogP contribution >= 0.6 is 24.0 Å². The molecule has 0 radical (unpaired) electrons. The van der Waals surface area contributed by atoms with Crippen LogP contribution in [0, 0.1) is 11.6 Å². The fourth-order valence-electron chi connectivity index (χ4n) is 3.54. The lowest BCUT2D eigenvalue weighted by Crippen LogP contribution is -2.48. The number of halogens is 3. The van der Waals surface area contributed by atoms with Gasteiger partial charge in [-0.1, -0.05) is 6.07 Å². The fourth-order valence-corrected chi connectivity index (χ4v) is 3.54. The number of aliphatic imine (C=N–C) groups is 1. The van der Waals surface area contributed by atoms with Gasteiger partial charge in [0.25, 0.3) is 0 Å². The van der Waals surface area contributed by atoms with Gasteiger partial charge < -0.3 is 20.2 Å². The summed E-state index contributed by atoms with van der Waals surface area (Å²) in [5, 5.41) is 17.2. The summed E-state index contributed by atoms with van der Waals surface area (Å²) in [5.74, 6) is -0.486. The smallest absolute Gasteiger partial charge is 0.191 e. The highest BCUT2D eigenvalue weighted by Crippen LogP contribution is 2.21. The van der Waals surface area contributed by atoms with Gasteiger partial charge in [-0.25, -0.2) is 13.8 Å². The number of likely N-dealkylation sites (tertiary alicyclic amines) is 1. The molecule has 0 spiro atoms. The zero-order chi connectivity index (χ0) is 21.6. The molecule has 1 aliphatic rings. The number of rotatable bonds is 7. The first kappa shape index (κ1) is 25.5. The van der Waals surface area contributed by atoms with Gasteiger partial charge in [0.05, 0.1) is 12.8 Å². The summed E-state index contributed by atoms with van der Waals surface area (Å²) in [6, 6.07) is 7.79. The van der Waals surface area contributed by atoms with Gasteiger partial charge in [0.2, 0.25) is 0 Å². The predicted molar refractivity (Wildman–Crippen MR) is 127 cm³/mol. The van der Waals surface area contributed by atoms with Crippen LogP contribution in [-0.4, -0.2) is 48.2 Å². The summed E-state index contributed by atoms with van der Waals surface area (Å²) in [7, 11) is 0. The highest BCUT2D eigenvalue weighted by molar-refractivity contribution is 14.0. The number of aliphatic hydroxyl groups is 1. The number of hydrogen-bond acceptors (Lipinski definition) is 4. The van der Waals surface area contributed by atoms with Gasteiger partial charge in [-0.3, -0.25) is 4.90 Å². The maximum absolute atomic E-state index is 13.4. The molecule has 1 atom stereocenters. The van der Waals surface area contributed by atoms with Crippen molar-refractivity contribution in [2.45, 2.75) is 44.9 Å². The van der Waals surface area contributed by atoms with E-state index in [0.717, 1.165) is 31.5 Å². The van der Waals surface area contributed by atoms with Gasteiger partial charge in [-0.05, 0) is 56.5 Å². The van der Waals surface area contributed by atoms with Gasteiger partial charge in [0, 0.05) is 32.2 Å². The van der Waals surface area contributed by atoms with Crippen molar-refractivity contribution in [1.82, 2.24) is 15.5 Å². The Hall–Kier alpha value is -1.72. The molecule has 1 fully saturated rings. The minimum Gasteiger partial charge on any atom is -0.466 e. The molecule has 9 heteroatoms. The molecule has 3 N–H and O–H groups in total. The van der Waals surface area contributed by atoms with Gasteiger partial charge in [-0.15, -0.1) is 24.0 Å². The Morgan fingerprint density at radius 1 is 1.26 bits per heavy atom. The summed E-state index contributed by atoms with van der Waals surface area (Å²) >= 11 is 0. The maximum Gasteiger partial charge on any atom is 0.191 e. The molecule has 2 aromatic rings. The third-order valence-corrected chi connectivity index (χ3v) is 5.26. The highest BCUT2D eigenvalue weighted by atomic mass is 127. The van der Waals surface area contributed by atoms with Crippen LogP contribution in [0.25, 0.3) is 0 Å². The van der Waals surface area contributed by atoms with Crippen molar-refractivity contribution in [3.63, 3.8) is 0 Å². The molecule has 2 heterocycles. The summed E-state index contributed by atoms with van der Waals surface area (Å²) < 4.78 is 31.8. The summed E-state index contributed by atoms with van der Waals surface area (Å²) in [6.45, 7) is 6.85. The monoisotopic (exact) mass is 548 g/mol. The van der Waals surface area contributed by atoms with E-state index in [2.05, 4.69) is 20.5 Å². The Labute approximate surface area is 199 Å². The SMILES string of the molecule is CCNC(=NCC(C)(O)c1ccco1)NC1CCN(Cc2ccc(F)c(F)c2)CC1.I. The van der Waals surface area contributed by atoms with Gasteiger partial charge >= 0.3 is 0 Å². The number of benzene rings is 1. The van der Waals surface area contributed by atoms with Crippen molar-refractivity contribution in [2.75, 3.05) is 26.2 Å². The lowest BCUT2D eigenvalue weighted by atomic mass is 10.0. The topological polar surface area (TPSA) is 73.0 Å². The second kappa shape index (κ2) is 11.8. The lowest BCUT2D eigenvalue weighted by Gasteiger charge is -2.33. The average Bonchev–Trinajstić information content (AvgIpc) is 3.27. The Balaban J connectivity index is 0.00000341. The molecule has 0 aliphatic carbocycles. The summed E-state index contributed by atoms with van der Waals surface area (Å²) in [5.41, 5.74) is -0.407. The molecule has 0 saturated carbocycles. The van der Waals surface area contributed by atoms with Gasteiger partial charge in [-0.2, -0.15) is 0 Å². The van der Waals surface area contributed by atoms with E-state index in [9.17, 15) is 13.9 Å². The van der Waals surface area contributed by atoms with Crippen LogP contribution < -0.4 is 10.6 Å². The van der Waals surface area contributed by atoms with Crippen molar-refractivity contribution in [1.29, 1.82) is 0 Å². The molecule has 31 heavy (non-hydrogen) atoms. The second-order valence-corrected chi connectivity index (χ2v) is 7.89. The Kier molecular flexibility index (Phi) is 9.70. The first-order valence-corrected chi connectivity index (χ1v) is 10.3. The standard InChI is InChI=1S/C22H30F2N4O2.HI/c1-3-25-21(26-15-22(2,29)20-5-4-12-30-20)27-17-8-10-28(11-9-17)14-16-6-7-18(23)19(24)13-16;/h4-7,12-13,17,29H,3,8-11,14-15H2,1-2H3,(H2,25,26,27);1H. The average molecular weight is 548 g/mol. The van der Waals surface area contributed by atoms with E-state index < -0.39 is 17.2 Å². The predicted octanol–water partition coefficient (Wildman–Crippen LogP) is 3.60. The van der Waals surface area contributed by atoms with Crippen molar-refractivity contribution in [3.05, 3.63) is 59.6 Å². The molecule has 1 unspecified atom stereocenters. The van der Waals surface area contributed by atoms with Crippen LogP contribution in [0.5, 0.6) is 0 Å². The van der Waals surface area contributed by atoms with Crippen LogP contribution in [0.3, 0.4) is 0 Å². The Morgan fingerprint density at radius 3 is 2.61 bits per heavy atom. The number of hydrogen-bond donors (Lipinski definition) is 3. The van der Waals surface area contributed by atoms with E-state index in [1.165, 1.54) is 18.4 Å². The molecule has 1 aromatic carbocycles. The normalized spacial score (nSPS) is 17.6. The molecule has 1 aromatic heterocycles. The third kappa shape index (κ3) is 7.43. The molecule has 6 nitrogen and oxygen atoms in total. The van der Waals surface area contributed by atoms with Gasteiger partial charge in [0.15, 0.2) is 17.6 Å². The zero-order valence-corrected chi connectivity index (χ0v) is 20.2. The quantitative estimate of drug-likeness (QED) is 0.280. The van der Waals surface area contributed by atoms with Crippen molar-refractivity contribution >= 4 is 29.9 Å². The molecule has 1 saturated heterocycles. The minimum atomic E-state index is -1.18. The Morgan fingerprint density at radius 2 is 2.00 bits per heavy atom. The third-order valence-electron chi connectivity index (χ3n) is 5.26.